The van der Waals surface area contributed by atoms with Crippen molar-refractivity contribution in [1.29, 1.82) is 0 Å². The Labute approximate surface area is 162 Å². The van der Waals surface area contributed by atoms with Crippen molar-refractivity contribution in [1.82, 2.24) is 0 Å². The molecule has 0 saturated carbocycles. The van der Waals surface area contributed by atoms with E-state index in [0.717, 1.165) is 16.7 Å². The van der Waals surface area contributed by atoms with Gasteiger partial charge < -0.3 is 5.32 Å². The van der Waals surface area contributed by atoms with Crippen LogP contribution in [0.2, 0.25) is 0 Å². The minimum atomic E-state index is -3.79. The second-order valence-electron chi connectivity index (χ2n) is 6.56. The number of benzene rings is 3. The average Bonchev–Trinajstić information content (AvgIpc) is 2.68. The number of hydrogen-bond acceptors (Lipinski definition) is 3. The Morgan fingerprint density at radius 2 is 1.68 bits per heavy atom. The predicted molar refractivity (Wildman–Crippen MR) is 106 cm³/mol. The number of hydrogen-bond donors (Lipinski definition) is 2. The molecule has 0 unspecified atom stereocenters. The number of anilines is 2. The molecule has 1 aliphatic rings. The molecule has 0 radical (unpaired) electrons. The van der Waals surface area contributed by atoms with Crippen molar-refractivity contribution >= 4 is 27.3 Å². The molecule has 28 heavy (non-hydrogen) atoms. The van der Waals surface area contributed by atoms with Crippen LogP contribution in [0.25, 0.3) is 11.1 Å². The quantitative estimate of drug-likeness (QED) is 0.695. The summed E-state index contributed by atoms with van der Waals surface area (Å²) < 4.78 is 41.3. The summed E-state index contributed by atoms with van der Waals surface area (Å²) in [7, 11) is -3.79. The van der Waals surface area contributed by atoms with Crippen molar-refractivity contribution in [3.8, 4) is 11.1 Å². The molecule has 5 nitrogen and oxygen atoms in total. The van der Waals surface area contributed by atoms with Crippen molar-refractivity contribution in [2.45, 2.75) is 17.7 Å². The van der Waals surface area contributed by atoms with E-state index in [0.29, 0.717) is 24.2 Å². The Morgan fingerprint density at radius 3 is 2.46 bits per heavy atom. The zero-order valence-electron chi connectivity index (χ0n) is 14.8. The van der Waals surface area contributed by atoms with Gasteiger partial charge in [-0.15, -0.1) is 0 Å². The maximum Gasteiger partial charge on any atom is 0.261 e. The third kappa shape index (κ3) is 3.75. The van der Waals surface area contributed by atoms with Crippen LogP contribution in [-0.4, -0.2) is 14.3 Å². The third-order valence-electron chi connectivity index (χ3n) is 4.57. The Hall–Kier alpha value is -3.19. The second kappa shape index (κ2) is 7.09. The lowest BCUT2D eigenvalue weighted by molar-refractivity contribution is -0.116. The first-order chi connectivity index (χ1) is 13.4. The van der Waals surface area contributed by atoms with Crippen molar-refractivity contribution in [3.63, 3.8) is 0 Å². The minimum Gasteiger partial charge on any atom is -0.326 e. The smallest absolute Gasteiger partial charge is 0.261 e. The summed E-state index contributed by atoms with van der Waals surface area (Å²) in [5, 5.41) is 2.74. The Bertz CT molecular complexity index is 1160. The van der Waals surface area contributed by atoms with Gasteiger partial charge in [-0.25, -0.2) is 12.8 Å². The molecule has 1 aliphatic heterocycles. The fourth-order valence-electron chi connectivity index (χ4n) is 3.15. The predicted octanol–water partition coefficient (Wildman–Crippen LogP) is 4.18. The summed E-state index contributed by atoms with van der Waals surface area (Å²) >= 11 is 0. The summed E-state index contributed by atoms with van der Waals surface area (Å²) in [6.07, 6.45) is 0.841. The van der Waals surface area contributed by atoms with Gasteiger partial charge in [0.15, 0.2) is 0 Å². The lowest BCUT2D eigenvalue weighted by Gasteiger charge is -2.18. The largest absolute Gasteiger partial charge is 0.326 e. The number of fused-ring (bicyclic) bond motifs is 1. The van der Waals surface area contributed by atoms with E-state index in [4.69, 9.17) is 0 Å². The van der Waals surface area contributed by atoms with Gasteiger partial charge in [0.1, 0.15) is 5.82 Å². The molecule has 3 aromatic rings. The maximum absolute atomic E-state index is 13.1. The van der Waals surface area contributed by atoms with E-state index in [1.165, 1.54) is 18.2 Å². The zero-order chi connectivity index (χ0) is 19.7. The molecule has 142 valence electrons. The average molecular weight is 396 g/mol. The highest BCUT2D eigenvalue weighted by Crippen LogP contribution is 2.28. The van der Waals surface area contributed by atoms with E-state index in [-0.39, 0.29) is 16.6 Å². The number of nitrogens with one attached hydrogen (secondary N) is 2. The number of sulfonamides is 1. The number of amides is 1. The molecule has 0 bridgehead atoms. The number of halogens is 1. The summed E-state index contributed by atoms with van der Waals surface area (Å²) in [6, 6.07) is 17.6. The molecule has 1 amide bonds. The summed E-state index contributed by atoms with van der Waals surface area (Å²) in [5.74, 6) is -0.400. The Kier molecular flexibility index (Phi) is 4.60. The molecule has 0 aliphatic carbocycles. The van der Waals surface area contributed by atoms with Crippen LogP contribution in [-0.2, 0) is 21.2 Å². The number of carbonyl (C=O) groups is 1. The van der Waals surface area contributed by atoms with Crippen LogP contribution >= 0.6 is 0 Å². The Morgan fingerprint density at radius 1 is 0.893 bits per heavy atom. The van der Waals surface area contributed by atoms with Crippen LogP contribution in [0.15, 0.2) is 71.6 Å². The van der Waals surface area contributed by atoms with Gasteiger partial charge >= 0.3 is 0 Å². The maximum atomic E-state index is 13.1. The molecule has 0 atom stereocenters. The standard InChI is InChI=1S/C21H17FN2O3S/c22-17-7-4-14(5-8-17)15-2-1-3-18(12-15)24-28(26,27)19-9-10-20-16(13-19)6-11-21(25)23-20/h1-5,7-10,12-13,24H,6,11H2,(H,23,25). The van der Waals surface area contributed by atoms with Crippen LogP contribution in [0, 0.1) is 5.82 Å². The molecular formula is C21H17FN2O3S. The molecule has 0 fully saturated rings. The monoisotopic (exact) mass is 396 g/mol. The van der Waals surface area contributed by atoms with E-state index >= 15 is 0 Å². The van der Waals surface area contributed by atoms with Gasteiger partial charge in [-0.2, -0.15) is 0 Å². The topological polar surface area (TPSA) is 75.3 Å². The number of rotatable bonds is 4. The first-order valence-electron chi connectivity index (χ1n) is 8.72. The highest BCUT2D eigenvalue weighted by Gasteiger charge is 2.20. The summed E-state index contributed by atoms with van der Waals surface area (Å²) in [6.45, 7) is 0. The summed E-state index contributed by atoms with van der Waals surface area (Å²) in [5.41, 5.74) is 3.41. The third-order valence-corrected chi connectivity index (χ3v) is 5.95. The SMILES string of the molecule is O=C1CCc2cc(S(=O)(=O)Nc3cccc(-c4ccc(F)cc4)c3)ccc2N1. The van der Waals surface area contributed by atoms with Gasteiger partial charge in [-0.05, 0) is 65.6 Å². The van der Waals surface area contributed by atoms with Crippen LogP contribution in [0.3, 0.4) is 0 Å². The molecule has 1 heterocycles. The molecule has 4 rings (SSSR count). The first kappa shape index (κ1) is 18.2. The van der Waals surface area contributed by atoms with E-state index in [9.17, 15) is 17.6 Å². The van der Waals surface area contributed by atoms with Crippen molar-refractivity contribution < 1.29 is 17.6 Å². The lowest BCUT2D eigenvalue weighted by Crippen LogP contribution is -2.20. The highest BCUT2D eigenvalue weighted by atomic mass is 32.2. The van der Waals surface area contributed by atoms with E-state index in [2.05, 4.69) is 10.0 Å². The molecule has 2 N–H and O–H groups in total. The zero-order valence-corrected chi connectivity index (χ0v) is 15.6. The molecule has 3 aromatic carbocycles. The number of carbonyl (C=O) groups excluding carboxylic acids is 1. The van der Waals surface area contributed by atoms with Gasteiger partial charge in [0.05, 0.1) is 4.90 Å². The lowest BCUT2D eigenvalue weighted by atomic mass is 10.0. The van der Waals surface area contributed by atoms with Crippen LogP contribution in [0.4, 0.5) is 15.8 Å². The normalized spacial score (nSPS) is 13.5. The summed E-state index contributed by atoms with van der Waals surface area (Å²) in [4.78, 5) is 11.6. The van der Waals surface area contributed by atoms with Crippen molar-refractivity contribution in [3.05, 3.63) is 78.1 Å². The van der Waals surface area contributed by atoms with Gasteiger partial charge in [-0.3, -0.25) is 9.52 Å². The van der Waals surface area contributed by atoms with E-state index in [1.54, 1.807) is 42.5 Å². The van der Waals surface area contributed by atoms with E-state index in [1.807, 2.05) is 6.07 Å². The fraction of sp³-hybridized carbons (Fsp3) is 0.0952. The van der Waals surface area contributed by atoms with Gasteiger partial charge in [0.2, 0.25) is 5.91 Å². The fourth-order valence-corrected chi connectivity index (χ4v) is 4.25. The van der Waals surface area contributed by atoms with Crippen molar-refractivity contribution in [2.75, 3.05) is 10.0 Å². The first-order valence-corrected chi connectivity index (χ1v) is 10.2. The van der Waals surface area contributed by atoms with Gasteiger partial charge in [0, 0.05) is 17.8 Å². The van der Waals surface area contributed by atoms with E-state index < -0.39 is 10.0 Å². The molecule has 0 spiro atoms. The Balaban J connectivity index is 1.61. The van der Waals surface area contributed by atoms with Gasteiger partial charge in [0.25, 0.3) is 10.0 Å². The van der Waals surface area contributed by atoms with Crippen molar-refractivity contribution in [2.24, 2.45) is 0 Å². The number of aryl methyl sites for hydroxylation is 1. The highest BCUT2D eigenvalue weighted by molar-refractivity contribution is 7.92. The van der Waals surface area contributed by atoms with Crippen LogP contribution in [0.1, 0.15) is 12.0 Å². The molecular weight excluding hydrogens is 379 g/mol. The molecule has 7 heteroatoms. The van der Waals surface area contributed by atoms with Crippen LogP contribution < -0.4 is 10.0 Å². The van der Waals surface area contributed by atoms with Gasteiger partial charge in [-0.1, -0.05) is 24.3 Å². The minimum absolute atomic E-state index is 0.0705. The second-order valence-corrected chi connectivity index (χ2v) is 8.24. The van der Waals surface area contributed by atoms with Crippen LogP contribution in [0.5, 0.6) is 0 Å². The molecule has 0 saturated heterocycles. The molecule has 0 aromatic heterocycles.